The summed E-state index contributed by atoms with van der Waals surface area (Å²) >= 11 is 0. The minimum Gasteiger partial charge on any atom is -0.465 e. The average molecular weight is 529 g/mol. The molecule has 2 aromatic carbocycles. The molecule has 4 aliphatic heterocycles. The standard InChI is InChI=1S/C31H32N2O6/c34-20-23(18-21-10-3-1-4-11-21)33-27-29(36)32(19-22-12-5-2-6-13-22)16-9-15-31(27)26(28(33)35)25-24(39-31)14-7-8-17-38-30(25)37/h1-7,9-15,23-27,34H,8,16-20H2/t23-,24-,25+,26+,27?,31+/m1/s1. The lowest BCUT2D eigenvalue weighted by molar-refractivity contribution is -0.156. The zero-order valence-corrected chi connectivity index (χ0v) is 21.6. The van der Waals surface area contributed by atoms with E-state index < -0.39 is 41.6 Å². The normalized spacial score (nSPS) is 30.6. The Hall–Kier alpha value is -3.75. The van der Waals surface area contributed by atoms with E-state index in [9.17, 15) is 19.5 Å². The fraction of sp³-hybridized carbons (Fsp3) is 0.387. The number of ether oxygens (including phenoxy) is 2. The molecule has 4 aliphatic rings. The number of likely N-dealkylation sites (tertiary alicyclic amines) is 1. The molecule has 0 aromatic heterocycles. The summed E-state index contributed by atoms with van der Waals surface area (Å²) in [5, 5.41) is 10.6. The number of cyclic esters (lactones) is 1. The number of carbonyl (C=O) groups excluding carboxylic acids is 3. The first-order chi connectivity index (χ1) is 19.0. The largest absolute Gasteiger partial charge is 0.465 e. The molecule has 1 unspecified atom stereocenters. The number of amides is 2. The number of nitrogens with zero attached hydrogens (tertiary/aromatic N) is 2. The maximum Gasteiger partial charge on any atom is 0.312 e. The lowest BCUT2D eigenvalue weighted by atomic mass is 9.77. The highest BCUT2D eigenvalue weighted by Crippen LogP contribution is 2.53. The van der Waals surface area contributed by atoms with Gasteiger partial charge in [0.25, 0.3) is 0 Å². The molecule has 2 fully saturated rings. The molecule has 0 aliphatic carbocycles. The summed E-state index contributed by atoms with van der Waals surface area (Å²) in [6, 6.07) is 17.5. The lowest BCUT2D eigenvalue weighted by Gasteiger charge is -2.38. The molecule has 8 nitrogen and oxygen atoms in total. The number of rotatable bonds is 6. The van der Waals surface area contributed by atoms with Crippen LogP contribution in [0.1, 0.15) is 17.5 Å². The second-order valence-electron chi connectivity index (χ2n) is 10.6. The minimum atomic E-state index is -1.35. The van der Waals surface area contributed by atoms with Crippen LogP contribution in [0, 0.1) is 11.8 Å². The van der Waals surface area contributed by atoms with E-state index in [0.29, 0.717) is 25.9 Å². The zero-order chi connectivity index (χ0) is 27.0. The van der Waals surface area contributed by atoms with Crippen LogP contribution in [0.3, 0.4) is 0 Å². The molecule has 2 amide bonds. The summed E-state index contributed by atoms with van der Waals surface area (Å²) in [6.45, 7) is 0.587. The van der Waals surface area contributed by atoms with Gasteiger partial charge in [-0.15, -0.1) is 0 Å². The van der Waals surface area contributed by atoms with Gasteiger partial charge in [-0.1, -0.05) is 85.0 Å². The molecule has 6 atom stereocenters. The molecule has 39 heavy (non-hydrogen) atoms. The predicted molar refractivity (Wildman–Crippen MR) is 142 cm³/mol. The maximum atomic E-state index is 14.4. The topological polar surface area (TPSA) is 96.4 Å². The number of hydrogen-bond donors (Lipinski definition) is 1. The van der Waals surface area contributed by atoms with Crippen molar-refractivity contribution < 1.29 is 29.0 Å². The Balaban J connectivity index is 1.44. The first kappa shape index (κ1) is 25.5. The van der Waals surface area contributed by atoms with Crippen molar-refractivity contribution in [1.82, 2.24) is 9.80 Å². The van der Waals surface area contributed by atoms with E-state index in [1.807, 2.05) is 85.0 Å². The third kappa shape index (κ3) is 4.37. The summed E-state index contributed by atoms with van der Waals surface area (Å²) in [6.07, 6.45) is 7.63. The Morgan fingerprint density at radius 2 is 1.67 bits per heavy atom. The number of aliphatic hydroxyl groups excluding tert-OH is 1. The van der Waals surface area contributed by atoms with Crippen LogP contribution in [-0.2, 0) is 36.8 Å². The highest BCUT2D eigenvalue weighted by atomic mass is 16.6. The van der Waals surface area contributed by atoms with Crippen molar-refractivity contribution in [2.45, 2.75) is 43.2 Å². The van der Waals surface area contributed by atoms with E-state index in [2.05, 4.69) is 0 Å². The van der Waals surface area contributed by atoms with Gasteiger partial charge in [-0.05, 0) is 24.0 Å². The summed E-state index contributed by atoms with van der Waals surface area (Å²) in [7, 11) is 0. The van der Waals surface area contributed by atoms with Crippen LogP contribution in [0.4, 0.5) is 0 Å². The van der Waals surface area contributed by atoms with E-state index in [4.69, 9.17) is 9.47 Å². The van der Waals surface area contributed by atoms with E-state index in [-0.39, 0.29) is 25.0 Å². The maximum absolute atomic E-state index is 14.4. The number of hydrogen-bond acceptors (Lipinski definition) is 6. The second kappa shape index (κ2) is 10.4. The van der Waals surface area contributed by atoms with Crippen molar-refractivity contribution in [1.29, 1.82) is 0 Å². The van der Waals surface area contributed by atoms with Crippen LogP contribution < -0.4 is 0 Å². The van der Waals surface area contributed by atoms with Crippen LogP contribution in [0.15, 0.2) is 85.0 Å². The molecule has 1 N–H and O–H groups in total. The molecule has 1 spiro atoms. The van der Waals surface area contributed by atoms with Gasteiger partial charge in [0.1, 0.15) is 17.6 Å². The first-order valence-electron chi connectivity index (χ1n) is 13.5. The van der Waals surface area contributed by atoms with Crippen molar-refractivity contribution in [3.8, 4) is 0 Å². The summed E-state index contributed by atoms with van der Waals surface area (Å²) in [5.41, 5.74) is 0.540. The van der Waals surface area contributed by atoms with Gasteiger partial charge in [0.05, 0.1) is 31.3 Å². The molecule has 2 saturated heterocycles. The summed E-state index contributed by atoms with van der Waals surface area (Å²) in [5.74, 6) is -2.94. The zero-order valence-electron chi connectivity index (χ0n) is 21.6. The van der Waals surface area contributed by atoms with Crippen molar-refractivity contribution in [2.75, 3.05) is 19.8 Å². The fourth-order valence-electron chi connectivity index (χ4n) is 6.57. The van der Waals surface area contributed by atoms with Gasteiger partial charge < -0.3 is 24.4 Å². The SMILES string of the molecule is O=C1OCCC=C[C@H]2O[C@]34C=CCN(Cc5ccccc5)C(=O)C3N([C@@H](CO)Cc3ccccc3)C(=O)[C@@H]4[C@@H]12. The van der Waals surface area contributed by atoms with Crippen LogP contribution in [0.5, 0.6) is 0 Å². The van der Waals surface area contributed by atoms with E-state index in [0.717, 1.165) is 11.1 Å². The molecule has 0 bridgehead atoms. The average Bonchev–Trinajstić information content (AvgIpc) is 3.34. The number of aliphatic hydroxyl groups is 1. The van der Waals surface area contributed by atoms with Crippen LogP contribution >= 0.6 is 0 Å². The molecular weight excluding hydrogens is 496 g/mol. The monoisotopic (exact) mass is 528 g/mol. The Morgan fingerprint density at radius 3 is 2.38 bits per heavy atom. The number of carbonyl (C=O) groups is 3. The van der Waals surface area contributed by atoms with Gasteiger partial charge in [-0.2, -0.15) is 0 Å². The van der Waals surface area contributed by atoms with Gasteiger partial charge in [0.15, 0.2) is 0 Å². The Morgan fingerprint density at radius 1 is 0.949 bits per heavy atom. The third-order valence-electron chi connectivity index (χ3n) is 8.28. The van der Waals surface area contributed by atoms with Gasteiger partial charge in [0.2, 0.25) is 11.8 Å². The van der Waals surface area contributed by atoms with E-state index in [1.54, 1.807) is 4.90 Å². The first-order valence-corrected chi connectivity index (χ1v) is 13.5. The highest BCUT2D eigenvalue weighted by molar-refractivity contribution is 5.99. The number of benzene rings is 2. The van der Waals surface area contributed by atoms with Crippen LogP contribution in [0.2, 0.25) is 0 Å². The molecular formula is C31H32N2O6. The quantitative estimate of drug-likeness (QED) is 0.457. The van der Waals surface area contributed by atoms with E-state index >= 15 is 0 Å². The Kier molecular flexibility index (Phi) is 6.83. The van der Waals surface area contributed by atoms with Gasteiger partial charge in [-0.25, -0.2) is 0 Å². The minimum absolute atomic E-state index is 0.229. The van der Waals surface area contributed by atoms with Crippen molar-refractivity contribution in [3.63, 3.8) is 0 Å². The van der Waals surface area contributed by atoms with Crippen molar-refractivity contribution in [3.05, 3.63) is 96.1 Å². The summed E-state index contributed by atoms with van der Waals surface area (Å²) < 4.78 is 12.1. The predicted octanol–water partition coefficient (Wildman–Crippen LogP) is 2.27. The van der Waals surface area contributed by atoms with Gasteiger partial charge in [-0.3, -0.25) is 14.4 Å². The smallest absolute Gasteiger partial charge is 0.312 e. The Labute approximate surface area is 227 Å². The lowest BCUT2D eigenvalue weighted by Crippen LogP contribution is -2.58. The van der Waals surface area contributed by atoms with Crippen molar-refractivity contribution in [2.24, 2.45) is 11.8 Å². The molecule has 6 rings (SSSR count). The third-order valence-corrected chi connectivity index (χ3v) is 8.28. The molecule has 2 aromatic rings. The molecule has 0 radical (unpaired) electrons. The second-order valence-corrected chi connectivity index (χ2v) is 10.6. The van der Waals surface area contributed by atoms with Crippen molar-refractivity contribution >= 4 is 17.8 Å². The molecule has 8 heteroatoms. The molecule has 202 valence electrons. The number of fused-ring (bicyclic) bond motifs is 2. The molecule has 0 saturated carbocycles. The summed E-state index contributed by atoms with van der Waals surface area (Å²) in [4.78, 5) is 45.2. The van der Waals surface area contributed by atoms with Gasteiger partial charge in [0, 0.05) is 13.1 Å². The molecule has 4 heterocycles. The van der Waals surface area contributed by atoms with Crippen LogP contribution in [0.25, 0.3) is 0 Å². The Bertz CT molecular complexity index is 1290. The highest BCUT2D eigenvalue weighted by Gasteiger charge is 2.72. The number of esters is 1. The van der Waals surface area contributed by atoms with E-state index in [1.165, 1.54) is 4.90 Å². The van der Waals surface area contributed by atoms with Crippen LogP contribution in [-0.4, -0.2) is 76.2 Å². The van der Waals surface area contributed by atoms with Gasteiger partial charge >= 0.3 is 5.97 Å². The fourth-order valence-corrected chi connectivity index (χ4v) is 6.57.